The second-order valence-corrected chi connectivity index (χ2v) is 10.1. The van der Waals surface area contributed by atoms with Crippen molar-refractivity contribution in [3.63, 3.8) is 0 Å². The minimum atomic E-state index is -3.84. The number of fused-ring (bicyclic) bond motifs is 1. The molecule has 0 radical (unpaired) electrons. The Morgan fingerprint density at radius 2 is 1.91 bits per heavy atom. The highest BCUT2D eigenvalue weighted by molar-refractivity contribution is 7.89. The molecule has 0 bridgehead atoms. The number of ether oxygens (including phenoxy) is 1. The molecule has 1 aliphatic heterocycles. The average molecular weight is 489 g/mol. The second kappa shape index (κ2) is 9.55. The number of nitrogens with one attached hydrogen (secondary N) is 1. The highest BCUT2D eigenvalue weighted by Gasteiger charge is 2.29. The van der Waals surface area contributed by atoms with Gasteiger partial charge in [0.1, 0.15) is 17.2 Å². The molecule has 0 amide bonds. The van der Waals surface area contributed by atoms with E-state index in [1.165, 1.54) is 21.4 Å². The summed E-state index contributed by atoms with van der Waals surface area (Å²) < 4.78 is 35.6. The molecule has 3 heterocycles. The summed E-state index contributed by atoms with van der Waals surface area (Å²) >= 11 is 0. The molecule has 2 aromatic heterocycles. The predicted octanol–water partition coefficient (Wildman–Crippen LogP) is 2.50. The summed E-state index contributed by atoms with van der Waals surface area (Å²) in [5.41, 5.74) is 1.47. The molecule has 0 aliphatic carbocycles. The van der Waals surface area contributed by atoms with Crippen molar-refractivity contribution in [1.82, 2.24) is 23.8 Å². The van der Waals surface area contributed by atoms with Gasteiger partial charge in [0.15, 0.2) is 0 Å². The molecule has 1 N–H and O–H groups in total. The van der Waals surface area contributed by atoms with E-state index in [2.05, 4.69) is 10.3 Å². The molecule has 34 heavy (non-hydrogen) atoms. The number of hydrogen-bond acceptors (Lipinski definition) is 7. The number of benzene rings is 1. The second-order valence-electron chi connectivity index (χ2n) is 8.15. The maximum absolute atomic E-state index is 13.3. The van der Waals surface area contributed by atoms with E-state index in [0.717, 1.165) is 12.0 Å². The number of sulfonamides is 1. The van der Waals surface area contributed by atoms with Gasteiger partial charge in [0.25, 0.3) is 5.56 Å². The fourth-order valence-electron chi connectivity index (χ4n) is 4.21. The maximum Gasteiger partial charge on any atom is 0.260 e. The zero-order chi connectivity index (χ0) is 24.5. The lowest BCUT2D eigenvalue weighted by atomic mass is 10.1. The molecule has 0 saturated carbocycles. The molecule has 0 unspecified atom stereocenters. The number of aromatic amines is 1. The van der Waals surface area contributed by atoms with E-state index >= 15 is 0 Å². The summed E-state index contributed by atoms with van der Waals surface area (Å²) in [6, 6.07) is 4.54. The van der Waals surface area contributed by atoms with E-state index in [9.17, 15) is 18.1 Å². The number of nitrogens with zero attached hydrogens (tertiary/aromatic N) is 5. The third kappa shape index (κ3) is 4.30. The Morgan fingerprint density at radius 3 is 2.56 bits per heavy atom. The van der Waals surface area contributed by atoms with Gasteiger partial charge in [-0.1, -0.05) is 6.92 Å². The fourth-order valence-corrected chi connectivity index (χ4v) is 5.66. The van der Waals surface area contributed by atoms with Crippen molar-refractivity contribution in [2.24, 2.45) is 5.29 Å². The highest BCUT2D eigenvalue weighted by atomic mass is 32.2. The number of hydrogen-bond donors (Lipinski definition) is 1. The van der Waals surface area contributed by atoms with Crippen molar-refractivity contribution in [3.05, 3.63) is 45.2 Å². The molecule has 4 rings (SSSR count). The first-order chi connectivity index (χ1) is 16.3. The van der Waals surface area contributed by atoms with Crippen LogP contribution in [0.5, 0.6) is 5.75 Å². The quantitative estimate of drug-likeness (QED) is 0.482. The topological polar surface area (TPSA) is 130 Å². The minimum absolute atomic E-state index is 0.0568. The van der Waals surface area contributed by atoms with Gasteiger partial charge in [-0.2, -0.15) is 4.31 Å². The SMILES string of the molecule is CCCn1cc(C)c2c(=O)[nH]c(-c3cc(S(=O)(=O)N4CCN(N=O)CC4)ccc3OCC)nc21. The van der Waals surface area contributed by atoms with Gasteiger partial charge < -0.3 is 14.3 Å². The fraction of sp³-hybridized carbons (Fsp3) is 0.455. The Bertz CT molecular complexity index is 1370. The number of H-pyrrole nitrogens is 1. The molecular formula is C22H28N6O5S. The van der Waals surface area contributed by atoms with Crippen molar-refractivity contribution in [3.8, 4) is 17.1 Å². The Kier molecular flexibility index (Phi) is 6.71. The van der Waals surface area contributed by atoms with E-state index < -0.39 is 10.0 Å². The number of nitroso groups, excluding NO2 is 1. The molecule has 0 atom stereocenters. The summed E-state index contributed by atoms with van der Waals surface area (Å²) in [7, 11) is -3.84. The van der Waals surface area contributed by atoms with Crippen molar-refractivity contribution in [2.75, 3.05) is 32.8 Å². The lowest BCUT2D eigenvalue weighted by Crippen LogP contribution is -2.46. The van der Waals surface area contributed by atoms with E-state index in [-0.39, 0.29) is 42.5 Å². The molecule has 0 spiro atoms. The molecule has 11 nitrogen and oxygen atoms in total. The molecule has 12 heteroatoms. The number of rotatable bonds is 8. The van der Waals surface area contributed by atoms with Crippen LogP contribution in [0.1, 0.15) is 25.8 Å². The smallest absolute Gasteiger partial charge is 0.260 e. The van der Waals surface area contributed by atoms with Crippen LogP contribution in [0, 0.1) is 11.8 Å². The van der Waals surface area contributed by atoms with E-state index in [0.29, 0.717) is 35.5 Å². The first-order valence-corrected chi connectivity index (χ1v) is 12.7. The van der Waals surface area contributed by atoms with Crippen LogP contribution in [0.4, 0.5) is 0 Å². The Hall–Kier alpha value is -3.25. The van der Waals surface area contributed by atoms with Crippen molar-refractivity contribution < 1.29 is 13.2 Å². The highest BCUT2D eigenvalue weighted by Crippen LogP contribution is 2.32. The predicted molar refractivity (Wildman–Crippen MR) is 128 cm³/mol. The lowest BCUT2D eigenvalue weighted by molar-refractivity contribution is 0.192. The monoisotopic (exact) mass is 488 g/mol. The van der Waals surface area contributed by atoms with Crippen molar-refractivity contribution in [2.45, 2.75) is 38.6 Å². The zero-order valence-electron chi connectivity index (χ0n) is 19.4. The van der Waals surface area contributed by atoms with Crippen LogP contribution < -0.4 is 10.3 Å². The molecule has 1 fully saturated rings. The zero-order valence-corrected chi connectivity index (χ0v) is 20.3. The Balaban J connectivity index is 1.82. The van der Waals surface area contributed by atoms with Crippen molar-refractivity contribution >= 4 is 21.1 Å². The van der Waals surface area contributed by atoms with Gasteiger partial charge >= 0.3 is 0 Å². The third-order valence-electron chi connectivity index (χ3n) is 5.85. The Labute approximate surface area is 197 Å². The van der Waals surface area contributed by atoms with Gasteiger partial charge in [0.05, 0.1) is 40.8 Å². The summed E-state index contributed by atoms with van der Waals surface area (Å²) in [4.78, 5) is 31.3. The normalized spacial score (nSPS) is 15.1. The van der Waals surface area contributed by atoms with Gasteiger partial charge in [-0.05, 0) is 44.0 Å². The standard InChI is InChI=1S/C22H28N6O5S/c1-4-8-26-14-15(3)19-21(26)23-20(24-22(19)29)17-13-16(6-7-18(17)33-5-2)34(31,32)28-11-9-27(25-30)10-12-28/h6-7,13-14H,4-5,8-12H2,1-3H3,(H,23,24,29). The molecule has 1 aromatic carbocycles. The van der Waals surface area contributed by atoms with Crippen LogP contribution in [-0.4, -0.2) is 65.1 Å². The molecule has 1 aliphatic rings. The van der Waals surface area contributed by atoms with Crippen LogP contribution in [0.3, 0.4) is 0 Å². The number of aryl methyl sites for hydroxylation is 2. The first kappa shape index (κ1) is 23.9. The van der Waals surface area contributed by atoms with Crippen molar-refractivity contribution in [1.29, 1.82) is 0 Å². The van der Waals surface area contributed by atoms with Crippen LogP contribution in [0.25, 0.3) is 22.4 Å². The number of aromatic nitrogens is 3. The van der Waals surface area contributed by atoms with Crippen LogP contribution in [-0.2, 0) is 16.6 Å². The minimum Gasteiger partial charge on any atom is -0.493 e. The first-order valence-electron chi connectivity index (χ1n) is 11.3. The van der Waals surface area contributed by atoms with Gasteiger partial charge in [-0.15, -0.1) is 4.91 Å². The van der Waals surface area contributed by atoms with E-state index in [1.807, 2.05) is 31.5 Å². The number of piperazine rings is 1. The summed E-state index contributed by atoms with van der Waals surface area (Å²) in [6.45, 7) is 7.56. The van der Waals surface area contributed by atoms with Crippen LogP contribution in [0.2, 0.25) is 0 Å². The van der Waals surface area contributed by atoms with Crippen LogP contribution >= 0.6 is 0 Å². The van der Waals surface area contributed by atoms with Crippen LogP contribution in [0.15, 0.2) is 39.4 Å². The molecule has 182 valence electrons. The maximum atomic E-state index is 13.3. The molecular weight excluding hydrogens is 460 g/mol. The van der Waals surface area contributed by atoms with Gasteiger partial charge in [-0.25, -0.2) is 13.4 Å². The molecule has 3 aromatic rings. The van der Waals surface area contributed by atoms with Gasteiger partial charge in [0, 0.05) is 25.8 Å². The van der Waals surface area contributed by atoms with Gasteiger partial charge in [-0.3, -0.25) is 9.80 Å². The summed E-state index contributed by atoms with van der Waals surface area (Å²) in [5, 5.41) is 4.69. The summed E-state index contributed by atoms with van der Waals surface area (Å²) in [5.74, 6) is 0.660. The molecule has 1 saturated heterocycles. The average Bonchev–Trinajstić information content (AvgIpc) is 3.15. The van der Waals surface area contributed by atoms with Gasteiger partial charge in [0.2, 0.25) is 10.0 Å². The summed E-state index contributed by atoms with van der Waals surface area (Å²) in [6.07, 6.45) is 2.77. The van der Waals surface area contributed by atoms with E-state index in [1.54, 1.807) is 6.07 Å². The Morgan fingerprint density at radius 1 is 1.18 bits per heavy atom. The third-order valence-corrected chi connectivity index (χ3v) is 7.75. The van der Waals surface area contributed by atoms with E-state index in [4.69, 9.17) is 9.72 Å². The lowest BCUT2D eigenvalue weighted by Gasteiger charge is -2.30. The largest absolute Gasteiger partial charge is 0.493 e.